The van der Waals surface area contributed by atoms with Crippen LogP contribution in [0.4, 0.5) is 0 Å². The zero-order valence-electron chi connectivity index (χ0n) is 16.7. The Morgan fingerprint density at radius 1 is 1.12 bits per heavy atom. The summed E-state index contributed by atoms with van der Waals surface area (Å²) >= 11 is 0. The molecule has 3 unspecified atom stereocenters. The standard InChI is InChI=1S/C26H32/c1-9-10-18(3)22(7)23(8)25-15-21(6)26(16-25)20(5)14-24-12-11-17(2)19(4)13-24/h1,11-13,21,25-26H,3,5,7-8,10,14-16H2,2,4,6H3. The van der Waals surface area contributed by atoms with E-state index >= 15 is 0 Å². The van der Waals surface area contributed by atoms with Crippen LogP contribution in [0.25, 0.3) is 0 Å². The van der Waals surface area contributed by atoms with Crippen LogP contribution >= 0.6 is 0 Å². The van der Waals surface area contributed by atoms with Gasteiger partial charge in [-0.2, -0.15) is 0 Å². The van der Waals surface area contributed by atoms with Crippen molar-refractivity contribution in [1.82, 2.24) is 0 Å². The van der Waals surface area contributed by atoms with Gasteiger partial charge < -0.3 is 0 Å². The Hall–Kier alpha value is -2.26. The van der Waals surface area contributed by atoms with Gasteiger partial charge in [-0.05, 0) is 84.3 Å². The van der Waals surface area contributed by atoms with Gasteiger partial charge in [0.1, 0.15) is 0 Å². The number of allylic oxidation sites excluding steroid dienone is 4. The lowest BCUT2D eigenvalue weighted by atomic mass is 9.85. The van der Waals surface area contributed by atoms with E-state index in [1.54, 1.807) is 0 Å². The summed E-state index contributed by atoms with van der Waals surface area (Å²) in [7, 11) is 0. The zero-order chi connectivity index (χ0) is 19.4. The summed E-state index contributed by atoms with van der Waals surface area (Å²) in [6.07, 6.45) is 9.15. The van der Waals surface area contributed by atoms with E-state index in [2.05, 4.69) is 71.2 Å². The first-order chi connectivity index (χ1) is 12.2. The van der Waals surface area contributed by atoms with Crippen molar-refractivity contribution >= 4 is 0 Å². The second-order valence-electron chi connectivity index (χ2n) is 7.99. The van der Waals surface area contributed by atoms with E-state index in [9.17, 15) is 0 Å². The molecule has 1 aliphatic carbocycles. The summed E-state index contributed by atoms with van der Waals surface area (Å²) < 4.78 is 0. The van der Waals surface area contributed by atoms with Crippen LogP contribution in [-0.4, -0.2) is 0 Å². The first kappa shape index (κ1) is 20.1. The molecule has 1 aromatic carbocycles. The van der Waals surface area contributed by atoms with E-state index in [0.29, 0.717) is 24.2 Å². The second-order valence-corrected chi connectivity index (χ2v) is 7.99. The highest BCUT2D eigenvalue weighted by atomic mass is 14.4. The van der Waals surface area contributed by atoms with Gasteiger partial charge in [-0.15, -0.1) is 12.3 Å². The van der Waals surface area contributed by atoms with Crippen molar-refractivity contribution in [1.29, 1.82) is 0 Å². The van der Waals surface area contributed by atoms with Crippen LogP contribution in [0.3, 0.4) is 0 Å². The van der Waals surface area contributed by atoms with E-state index < -0.39 is 0 Å². The quantitative estimate of drug-likeness (QED) is 0.291. The third kappa shape index (κ3) is 4.47. The number of hydrogen-bond acceptors (Lipinski definition) is 0. The average Bonchev–Trinajstić information content (AvgIpc) is 2.99. The molecule has 0 heterocycles. The first-order valence-electron chi connectivity index (χ1n) is 9.48. The van der Waals surface area contributed by atoms with Gasteiger partial charge in [0.2, 0.25) is 0 Å². The van der Waals surface area contributed by atoms with Crippen LogP contribution in [0, 0.1) is 43.9 Å². The van der Waals surface area contributed by atoms with Crippen molar-refractivity contribution in [2.24, 2.45) is 17.8 Å². The molecular formula is C26H32. The highest BCUT2D eigenvalue weighted by Gasteiger charge is 2.34. The van der Waals surface area contributed by atoms with Crippen molar-refractivity contribution in [3.05, 3.63) is 83.5 Å². The third-order valence-corrected chi connectivity index (χ3v) is 6.03. The molecule has 1 saturated carbocycles. The molecular weight excluding hydrogens is 312 g/mol. The minimum atomic E-state index is 0.452. The van der Waals surface area contributed by atoms with Gasteiger partial charge in [-0.1, -0.05) is 57.0 Å². The van der Waals surface area contributed by atoms with Gasteiger partial charge in [0.05, 0.1) is 0 Å². The third-order valence-electron chi connectivity index (χ3n) is 6.03. The molecule has 0 spiro atoms. The SMILES string of the molecule is C#CCC(=C)C(=C)C(=C)C1CC(C)C(C(=C)Cc2ccc(C)c(C)c2)C1. The van der Waals surface area contributed by atoms with Crippen LogP contribution in [0.15, 0.2) is 66.8 Å². The number of terminal acetylenes is 1. The van der Waals surface area contributed by atoms with Crippen molar-refractivity contribution in [3.63, 3.8) is 0 Å². The highest BCUT2D eigenvalue weighted by Crippen LogP contribution is 2.45. The van der Waals surface area contributed by atoms with Gasteiger partial charge in [-0.25, -0.2) is 0 Å². The summed E-state index contributed by atoms with van der Waals surface area (Å²) in [5, 5.41) is 0. The van der Waals surface area contributed by atoms with Crippen molar-refractivity contribution in [3.8, 4) is 12.3 Å². The monoisotopic (exact) mass is 344 g/mol. The molecule has 1 fully saturated rings. The molecule has 0 N–H and O–H groups in total. The van der Waals surface area contributed by atoms with E-state index in [0.717, 1.165) is 36.0 Å². The smallest absolute Gasteiger partial charge is 0.0337 e. The summed E-state index contributed by atoms with van der Waals surface area (Å²) in [6.45, 7) is 23.7. The summed E-state index contributed by atoms with van der Waals surface area (Å²) in [5.74, 6) is 4.25. The molecule has 0 amide bonds. The fraction of sp³-hybridized carbons (Fsp3) is 0.385. The largest absolute Gasteiger partial charge is 0.120 e. The summed E-state index contributed by atoms with van der Waals surface area (Å²) in [5.41, 5.74) is 8.37. The predicted octanol–water partition coefficient (Wildman–Crippen LogP) is 6.76. The molecule has 2 rings (SSSR count). The van der Waals surface area contributed by atoms with Crippen LogP contribution < -0.4 is 0 Å². The zero-order valence-corrected chi connectivity index (χ0v) is 16.7. The molecule has 136 valence electrons. The summed E-state index contributed by atoms with van der Waals surface area (Å²) in [4.78, 5) is 0. The van der Waals surface area contributed by atoms with E-state index in [1.165, 1.54) is 22.3 Å². The molecule has 0 bridgehead atoms. The van der Waals surface area contributed by atoms with Gasteiger partial charge in [-0.3, -0.25) is 0 Å². The lowest BCUT2D eigenvalue weighted by Gasteiger charge is -2.19. The van der Waals surface area contributed by atoms with Crippen LogP contribution in [0.2, 0.25) is 0 Å². The normalized spacial score (nSPS) is 21.8. The molecule has 0 radical (unpaired) electrons. The van der Waals surface area contributed by atoms with Crippen LogP contribution in [-0.2, 0) is 6.42 Å². The minimum absolute atomic E-state index is 0.452. The maximum Gasteiger partial charge on any atom is 0.0337 e. The predicted molar refractivity (Wildman–Crippen MR) is 115 cm³/mol. The van der Waals surface area contributed by atoms with Gasteiger partial charge in [0.25, 0.3) is 0 Å². The number of hydrogen-bond donors (Lipinski definition) is 0. The average molecular weight is 345 g/mol. The Morgan fingerprint density at radius 3 is 2.42 bits per heavy atom. The molecule has 0 aliphatic heterocycles. The maximum absolute atomic E-state index is 5.40. The van der Waals surface area contributed by atoms with Crippen molar-refractivity contribution < 1.29 is 0 Å². The Balaban J connectivity index is 2.03. The minimum Gasteiger partial charge on any atom is -0.120 e. The highest BCUT2D eigenvalue weighted by molar-refractivity contribution is 5.45. The molecule has 0 aromatic heterocycles. The lowest BCUT2D eigenvalue weighted by molar-refractivity contribution is 0.473. The Bertz CT molecular complexity index is 781. The summed E-state index contributed by atoms with van der Waals surface area (Å²) in [6, 6.07) is 6.74. The van der Waals surface area contributed by atoms with E-state index in [-0.39, 0.29) is 0 Å². The molecule has 0 heteroatoms. The molecule has 26 heavy (non-hydrogen) atoms. The molecule has 1 aromatic rings. The van der Waals surface area contributed by atoms with E-state index in [1.807, 2.05) is 0 Å². The Kier molecular flexibility index (Phi) is 6.49. The molecule has 3 atom stereocenters. The van der Waals surface area contributed by atoms with Crippen molar-refractivity contribution in [2.75, 3.05) is 0 Å². The maximum atomic E-state index is 5.40. The Morgan fingerprint density at radius 2 is 1.81 bits per heavy atom. The Labute approximate surface area is 160 Å². The van der Waals surface area contributed by atoms with Crippen LogP contribution in [0.5, 0.6) is 0 Å². The van der Waals surface area contributed by atoms with E-state index in [4.69, 9.17) is 6.42 Å². The lowest BCUT2D eigenvalue weighted by Crippen LogP contribution is -2.09. The molecule has 0 nitrogen and oxygen atoms in total. The number of benzene rings is 1. The fourth-order valence-electron chi connectivity index (χ4n) is 4.11. The fourth-order valence-corrected chi connectivity index (χ4v) is 4.11. The van der Waals surface area contributed by atoms with Gasteiger partial charge >= 0.3 is 0 Å². The molecule has 0 saturated heterocycles. The van der Waals surface area contributed by atoms with Gasteiger partial charge in [0.15, 0.2) is 0 Å². The van der Waals surface area contributed by atoms with Gasteiger partial charge in [0, 0.05) is 6.42 Å². The second kappa shape index (κ2) is 8.41. The first-order valence-corrected chi connectivity index (χ1v) is 9.48. The van der Waals surface area contributed by atoms with Crippen molar-refractivity contribution in [2.45, 2.75) is 46.5 Å². The number of rotatable bonds is 7. The van der Waals surface area contributed by atoms with Crippen LogP contribution in [0.1, 0.15) is 42.9 Å². The number of aryl methyl sites for hydroxylation is 2. The topological polar surface area (TPSA) is 0 Å². The molecule has 1 aliphatic rings.